The molecule has 0 saturated heterocycles. The largest absolute Gasteiger partial charge is 0.351 e. The molecule has 0 radical (unpaired) electrons. The molecule has 1 saturated carbocycles. The number of amides is 2. The maximum atomic E-state index is 13.7. The van der Waals surface area contributed by atoms with Gasteiger partial charge in [0.2, 0.25) is 11.8 Å². The van der Waals surface area contributed by atoms with E-state index in [0.29, 0.717) is 11.3 Å². The summed E-state index contributed by atoms with van der Waals surface area (Å²) in [5, 5.41) is 7.06. The fourth-order valence-electron chi connectivity index (χ4n) is 4.39. The normalized spacial score (nSPS) is 15.1. The molecule has 1 fully saturated rings. The van der Waals surface area contributed by atoms with Gasteiger partial charge in [0.15, 0.2) is 0 Å². The molecule has 1 heterocycles. The lowest BCUT2D eigenvalue weighted by molar-refractivity contribution is -0.127. The minimum atomic E-state index is -0.888. The Morgan fingerprint density at radius 2 is 1.73 bits per heavy atom. The van der Waals surface area contributed by atoms with Crippen LogP contribution >= 0.6 is 11.3 Å². The van der Waals surface area contributed by atoms with Gasteiger partial charge in [-0.15, -0.1) is 0 Å². The average Bonchev–Trinajstić information content (AvgIpc) is 3.32. The van der Waals surface area contributed by atoms with Crippen molar-refractivity contribution >= 4 is 28.8 Å². The summed E-state index contributed by atoms with van der Waals surface area (Å²) in [6.45, 7) is 1.98. The lowest BCUT2D eigenvalue weighted by atomic mass is 9.94. The van der Waals surface area contributed by atoms with E-state index in [4.69, 9.17) is 0 Å². The van der Waals surface area contributed by atoms with Crippen LogP contribution in [0.2, 0.25) is 0 Å². The van der Waals surface area contributed by atoms with E-state index in [1.54, 1.807) is 17.0 Å². The summed E-state index contributed by atoms with van der Waals surface area (Å²) in [6.07, 6.45) is 5.43. The summed E-state index contributed by atoms with van der Waals surface area (Å²) < 4.78 is 13.7. The molecule has 0 unspecified atom stereocenters. The lowest BCUT2D eigenvalue weighted by Gasteiger charge is -2.33. The molecule has 1 atom stereocenters. The minimum Gasteiger partial charge on any atom is -0.351 e. The molecule has 0 aliphatic heterocycles. The predicted molar refractivity (Wildman–Crippen MR) is 131 cm³/mol. The molecule has 3 aromatic rings. The van der Waals surface area contributed by atoms with Crippen LogP contribution in [-0.2, 0) is 16.0 Å². The highest BCUT2D eigenvalue weighted by Gasteiger charge is 2.34. The zero-order chi connectivity index (χ0) is 23.2. The van der Waals surface area contributed by atoms with Crippen molar-refractivity contribution in [2.75, 3.05) is 4.90 Å². The van der Waals surface area contributed by atoms with Crippen molar-refractivity contribution in [3.8, 4) is 0 Å². The van der Waals surface area contributed by atoms with Gasteiger partial charge >= 0.3 is 0 Å². The maximum Gasteiger partial charge on any atom is 0.248 e. The van der Waals surface area contributed by atoms with E-state index in [1.807, 2.05) is 48.0 Å². The molecule has 2 aromatic carbocycles. The summed E-state index contributed by atoms with van der Waals surface area (Å²) in [5.74, 6) is -0.783. The molecule has 4 nitrogen and oxygen atoms in total. The number of rotatable bonds is 7. The Kier molecular flexibility index (Phi) is 7.55. The van der Waals surface area contributed by atoms with Crippen LogP contribution in [0.25, 0.3) is 0 Å². The van der Waals surface area contributed by atoms with Crippen molar-refractivity contribution in [1.82, 2.24) is 5.32 Å². The van der Waals surface area contributed by atoms with Crippen molar-refractivity contribution in [3.05, 3.63) is 87.9 Å². The summed E-state index contributed by atoms with van der Waals surface area (Å²) in [5.41, 5.74) is 3.21. The molecule has 1 aliphatic rings. The topological polar surface area (TPSA) is 49.4 Å². The number of hydrogen-bond acceptors (Lipinski definition) is 3. The van der Waals surface area contributed by atoms with Gasteiger partial charge in [-0.2, -0.15) is 11.3 Å². The number of nitrogens with one attached hydrogen (secondary N) is 1. The Hall–Kier alpha value is -2.99. The monoisotopic (exact) mass is 464 g/mol. The standard InChI is InChI=1S/C27H29FN2O2S/c1-19-7-13-24(14-8-19)30(25(31)17-20-15-16-33-18-20)26(21-9-11-22(28)12-10-21)27(32)29-23-5-3-2-4-6-23/h7-16,18,23,26H,2-6,17H2,1H3,(H,29,32)/t26-/m0/s1. The van der Waals surface area contributed by atoms with Gasteiger partial charge in [0.05, 0.1) is 6.42 Å². The zero-order valence-corrected chi connectivity index (χ0v) is 19.6. The second-order valence-corrected chi connectivity index (χ2v) is 9.49. The summed E-state index contributed by atoms with van der Waals surface area (Å²) in [4.78, 5) is 28.9. The van der Waals surface area contributed by atoms with Crippen LogP contribution in [-0.4, -0.2) is 17.9 Å². The Balaban J connectivity index is 1.73. The van der Waals surface area contributed by atoms with Gasteiger partial charge in [0, 0.05) is 11.7 Å². The van der Waals surface area contributed by atoms with Gasteiger partial charge in [-0.05, 0) is 72.0 Å². The van der Waals surface area contributed by atoms with Crippen molar-refractivity contribution in [2.45, 2.75) is 57.5 Å². The number of carbonyl (C=O) groups is 2. The number of thiophene rings is 1. The van der Waals surface area contributed by atoms with Gasteiger partial charge in [0.1, 0.15) is 11.9 Å². The predicted octanol–water partition coefficient (Wildman–Crippen LogP) is 5.96. The first kappa shape index (κ1) is 23.2. The van der Waals surface area contributed by atoms with Crippen LogP contribution in [0.5, 0.6) is 0 Å². The van der Waals surface area contributed by atoms with Crippen LogP contribution in [0, 0.1) is 12.7 Å². The summed E-state index contributed by atoms with van der Waals surface area (Å²) in [7, 11) is 0. The molecule has 4 rings (SSSR count). The molecular formula is C27H29FN2O2S. The number of benzene rings is 2. The smallest absolute Gasteiger partial charge is 0.248 e. The number of halogens is 1. The lowest BCUT2D eigenvalue weighted by Crippen LogP contribution is -2.47. The highest BCUT2D eigenvalue weighted by Crippen LogP contribution is 2.30. The summed E-state index contributed by atoms with van der Waals surface area (Å²) >= 11 is 1.54. The van der Waals surface area contributed by atoms with E-state index < -0.39 is 6.04 Å². The summed E-state index contributed by atoms with van der Waals surface area (Å²) in [6, 6.07) is 14.6. The van der Waals surface area contributed by atoms with Crippen LogP contribution in [0.4, 0.5) is 10.1 Å². The Morgan fingerprint density at radius 3 is 2.36 bits per heavy atom. The Morgan fingerprint density at radius 1 is 1.03 bits per heavy atom. The SMILES string of the molecule is Cc1ccc(N(C(=O)Cc2ccsc2)[C@H](C(=O)NC2CCCCC2)c2ccc(F)cc2)cc1. The minimum absolute atomic E-state index is 0.0982. The molecule has 33 heavy (non-hydrogen) atoms. The zero-order valence-electron chi connectivity index (χ0n) is 18.8. The van der Waals surface area contributed by atoms with E-state index >= 15 is 0 Å². The fourth-order valence-corrected chi connectivity index (χ4v) is 5.05. The first-order chi connectivity index (χ1) is 16.0. The van der Waals surface area contributed by atoms with Crippen molar-refractivity contribution in [3.63, 3.8) is 0 Å². The van der Waals surface area contributed by atoms with Crippen LogP contribution in [0.3, 0.4) is 0 Å². The third-order valence-corrected chi connectivity index (χ3v) is 6.89. The molecule has 1 aromatic heterocycles. The second kappa shape index (κ2) is 10.8. The van der Waals surface area contributed by atoms with E-state index in [1.165, 1.54) is 29.9 Å². The van der Waals surface area contributed by atoms with Gasteiger partial charge < -0.3 is 5.32 Å². The second-order valence-electron chi connectivity index (χ2n) is 8.71. The molecule has 1 aliphatic carbocycles. The number of carbonyl (C=O) groups excluding carboxylic acids is 2. The third kappa shape index (κ3) is 5.88. The van der Waals surface area contributed by atoms with E-state index in [2.05, 4.69) is 5.32 Å². The number of aryl methyl sites for hydroxylation is 1. The molecule has 172 valence electrons. The fraction of sp³-hybridized carbons (Fsp3) is 0.333. The quantitative estimate of drug-likeness (QED) is 0.469. The molecule has 6 heteroatoms. The van der Waals surface area contributed by atoms with Crippen molar-refractivity contribution in [2.24, 2.45) is 0 Å². The molecule has 2 amide bonds. The van der Waals surface area contributed by atoms with Gasteiger partial charge in [0.25, 0.3) is 0 Å². The number of anilines is 1. The molecule has 1 N–H and O–H groups in total. The van der Waals surface area contributed by atoms with Crippen LogP contribution < -0.4 is 10.2 Å². The van der Waals surface area contributed by atoms with Crippen LogP contribution in [0.1, 0.15) is 54.8 Å². The van der Waals surface area contributed by atoms with Gasteiger partial charge in [-0.3, -0.25) is 14.5 Å². The van der Waals surface area contributed by atoms with E-state index in [-0.39, 0.29) is 30.1 Å². The number of nitrogens with zero attached hydrogens (tertiary/aromatic N) is 1. The molecule has 0 spiro atoms. The third-order valence-electron chi connectivity index (χ3n) is 6.16. The van der Waals surface area contributed by atoms with Gasteiger partial charge in [-0.1, -0.05) is 49.1 Å². The first-order valence-electron chi connectivity index (χ1n) is 11.5. The van der Waals surface area contributed by atoms with E-state index in [0.717, 1.165) is 36.8 Å². The number of hydrogen-bond donors (Lipinski definition) is 1. The molecular weight excluding hydrogens is 435 g/mol. The Labute approximate surface area is 198 Å². The highest BCUT2D eigenvalue weighted by molar-refractivity contribution is 7.08. The highest BCUT2D eigenvalue weighted by atomic mass is 32.1. The van der Waals surface area contributed by atoms with Crippen molar-refractivity contribution in [1.29, 1.82) is 0 Å². The Bertz CT molecular complexity index is 1060. The van der Waals surface area contributed by atoms with E-state index in [9.17, 15) is 14.0 Å². The van der Waals surface area contributed by atoms with Gasteiger partial charge in [-0.25, -0.2) is 4.39 Å². The maximum absolute atomic E-state index is 13.7. The van der Waals surface area contributed by atoms with Crippen molar-refractivity contribution < 1.29 is 14.0 Å². The average molecular weight is 465 g/mol. The first-order valence-corrected chi connectivity index (χ1v) is 12.4. The van der Waals surface area contributed by atoms with Crippen LogP contribution in [0.15, 0.2) is 65.4 Å². The molecule has 0 bridgehead atoms.